The Kier molecular flexibility index (Phi) is 4.28. The monoisotopic (exact) mass is 232 g/mol. The van der Waals surface area contributed by atoms with Crippen molar-refractivity contribution >= 4 is 10.0 Å². The van der Waals surface area contributed by atoms with Crippen LogP contribution in [0.25, 0.3) is 0 Å². The van der Waals surface area contributed by atoms with Crippen molar-refractivity contribution in [2.24, 2.45) is 0 Å². The van der Waals surface area contributed by atoms with E-state index in [0.29, 0.717) is 18.9 Å². The quantitative estimate of drug-likeness (QED) is 0.676. The number of aromatic nitrogens is 2. The van der Waals surface area contributed by atoms with Crippen LogP contribution in [-0.4, -0.2) is 37.3 Å². The minimum atomic E-state index is -3.21. The number of ether oxygens (including phenoxy) is 1. The van der Waals surface area contributed by atoms with Crippen LogP contribution in [0.4, 0.5) is 0 Å². The fourth-order valence-corrected chi connectivity index (χ4v) is 2.13. The van der Waals surface area contributed by atoms with E-state index >= 15 is 0 Å². The largest absolute Gasteiger partial charge is 0.385 e. The molecule has 0 aliphatic rings. The van der Waals surface area contributed by atoms with E-state index in [1.165, 1.54) is 22.6 Å². The molecule has 0 unspecified atom stereocenters. The number of unbranched alkanes of at least 4 members (excludes halogenated alkanes) is 1. The number of aryl methyl sites for hydroxylation is 1. The van der Waals surface area contributed by atoms with Crippen molar-refractivity contribution in [1.29, 1.82) is 0 Å². The molecule has 0 fully saturated rings. The van der Waals surface area contributed by atoms with Crippen LogP contribution >= 0.6 is 0 Å². The van der Waals surface area contributed by atoms with Gasteiger partial charge in [0.1, 0.15) is 5.82 Å². The minimum absolute atomic E-state index is 0.591. The third-order valence-corrected chi connectivity index (χ3v) is 3.08. The SMILES string of the molecule is COCCCCc1nccn1S(C)(=O)=O. The minimum Gasteiger partial charge on any atom is -0.385 e. The van der Waals surface area contributed by atoms with Gasteiger partial charge >= 0.3 is 0 Å². The van der Waals surface area contributed by atoms with Crippen molar-refractivity contribution in [2.45, 2.75) is 19.3 Å². The lowest BCUT2D eigenvalue weighted by molar-refractivity contribution is 0.193. The first kappa shape index (κ1) is 12.2. The van der Waals surface area contributed by atoms with E-state index in [9.17, 15) is 8.42 Å². The first-order valence-electron chi connectivity index (χ1n) is 4.77. The van der Waals surface area contributed by atoms with Gasteiger partial charge in [0.15, 0.2) is 0 Å². The summed E-state index contributed by atoms with van der Waals surface area (Å²) in [7, 11) is -1.56. The average molecular weight is 232 g/mol. The highest BCUT2D eigenvalue weighted by Crippen LogP contribution is 2.06. The second-order valence-electron chi connectivity index (χ2n) is 3.35. The molecule has 86 valence electrons. The van der Waals surface area contributed by atoms with Gasteiger partial charge in [-0.3, -0.25) is 0 Å². The topological polar surface area (TPSA) is 61.2 Å². The van der Waals surface area contributed by atoms with Crippen LogP contribution in [0.3, 0.4) is 0 Å². The van der Waals surface area contributed by atoms with E-state index in [1.54, 1.807) is 7.11 Å². The molecule has 0 saturated carbocycles. The van der Waals surface area contributed by atoms with Crippen molar-refractivity contribution in [2.75, 3.05) is 20.0 Å². The molecule has 0 saturated heterocycles. The van der Waals surface area contributed by atoms with E-state index in [1.807, 2.05) is 0 Å². The van der Waals surface area contributed by atoms with Crippen molar-refractivity contribution in [3.63, 3.8) is 0 Å². The van der Waals surface area contributed by atoms with E-state index < -0.39 is 10.0 Å². The molecule has 1 aromatic rings. The molecular formula is C9H16N2O3S. The fourth-order valence-electron chi connectivity index (χ4n) is 1.33. The molecule has 1 aromatic heterocycles. The molecule has 0 aliphatic carbocycles. The van der Waals surface area contributed by atoms with Crippen molar-refractivity contribution < 1.29 is 13.2 Å². The van der Waals surface area contributed by atoms with Gasteiger partial charge in [0.05, 0.1) is 6.26 Å². The third-order valence-electron chi connectivity index (χ3n) is 2.04. The maximum atomic E-state index is 11.3. The maximum absolute atomic E-state index is 11.3. The summed E-state index contributed by atoms with van der Waals surface area (Å²) >= 11 is 0. The molecule has 0 bridgehead atoms. The highest BCUT2D eigenvalue weighted by molar-refractivity contribution is 7.89. The Morgan fingerprint density at radius 2 is 2.20 bits per heavy atom. The number of hydrogen-bond acceptors (Lipinski definition) is 4. The van der Waals surface area contributed by atoms with Crippen molar-refractivity contribution in [3.05, 3.63) is 18.2 Å². The van der Waals surface area contributed by atoms with Crippen LogP contribution in [0.5, 0.6) is 0 Å². The standard InChI is InChI=1S/C9H16N2O3S/c1-14-8-4-3-5-9-10-6-7-11(9)15(2,12)13/h6-7H,3-5,8H2,1-2H3. The Morgan fingerprint density at radius 1 is 1.47 bits per heavy atom. The molecule has 0 N–H and O–H groups in total. The molecule has 5 nitrogen and oxygen atoms in total. The normalized spacial score (nSPS) is 11.9. The summed E-state index contributed by atoms with van der Waals surface area (Å²) in [5.41, 5.74) is 0. The van der Waals surface area contributed by atoms with Crippen LogP contribution in [0.15, 0.2) is 12.4 Å². The summed E-state index contributed by atoms with van der Waals surface area (Å²) in [6.45, 7) is 0.694. The molecular weight excluding hydrogens is 216 g/mol. The van der Waals surface area contributed by atoms with Gasteiger partial charge in [0, 0.05) is 32.5 Å². The zero-order chi connectivity index (χ0) is 11.3. The van der Waals surface area contributed by atoms with Crippen LogP contribution in [0, 0.1) is 0 Å². The lowest BCUT2D eigenvalue weighted by Gasteiger charge is -2.04. The number of nitrogens with zero attached hydrogens (tertiary/aromatic N) is 2. The van der Waals surface area contributed by atoms with Gasteiger partial charge in [-0.2, -0.15) is 0 Å². The van der Waals surface area contributed by atoms with E-state index in [4.69, 9.17) is 4.74 Å². The third kappa shape index (κ3) is 3.64. The number of rotatable bonds is 6. The first-order chi connectivity index (χ1) is 7.05. The number of imidazole rings is 1. The van der Waals surface area contributed by atoms with Gasteiger partial charge in [0.25, 0.3) is 0 Å². The molecule has 0 aliphatic heterocycles. The molecule has 0 spiro atoms. The Labute approximate surface area is 90.1 Å². The Bertz CT molecular complexity index is 397. The summed E-state index contributed by atoms with van der Waals surface area (Å²) < 4.78 is 28.7. The predicted octanol–water partition coefficient (Wildman–Crippen LogP) is 0.660. The summed E-state index contributed by atoms with van der Waals surface area (Å²) in [5, 5.41) is 0. The molecule has 0 atom stereocenters. The first-order valence-corrected chi connectivity index (χ1v) is 6.62. The molecule has 0 amide bonds. The lowest BCUT2D eigenvalue weighted by Crippen LogP contribution is -2.13. The summed E-state index contributed by atoms with van der Waals surface area (Å²) in [6.07, 6.45) is 6.60. The van der Waals surface area contributed by atoms with Crippen LogP contribution in [-0.2, 0) is 21.2 Å². The Hall–Kier alpha value is -0.880. The summed E-state index contributed by atoms with van der Waals surface area (Å²) in [5.74, 6) is 0.591. The van der Waals surface area contributed by atoms with E-state index in [2.05, 4.69) is 4.98 Å². The van der Waals surface area contributed by atoms with Crippen LogP contribution < -0.4 is 0 Å². The van der Waals surface area contributed by atoms with Gasteiger partial charge in [-0.05, 0) is 12.8 Å². The lowest BCUT2D eigenvalue weighted by atomic mass is 10.2. The average Bonchev–Trinajstić information content (AvgIpc) is 2.59. The second kappa shape index (κ2) is 5.27. The summed E-state index contributed by atoms with van der Waals surface area (Å²) in [4.78, 5) is 4.02. The molecule has 15 heavy (non-hydrogen) atoms. The highest BCUT2D eigenvalue weighted by Gasteiger charge is 2.10. The van der Waals surface area contributed by atoms with Crippen molar-refractivity contribution in [3.8, 4) is 0 Å². The Balaban J connectivity index is 2.59. The maximum Gasteiger partial charge on any atom is 0.237 e. The number of methoxy groups -OCH3 is 1. The molecule has 1 rings (SSSR count). The van der Waals surface area contributed by atoms with Gasteiger partial charge in [-0.15, -0.1) is 0 Å². The van der Waals surface area contributed by atoms with Crippen LogP contribution in [0.2, 0.25) is 0 Å². The second-order valence-corrected chi connectivity index (χ2v) is 5.21. The molecule has 0 aromatic carbocycles. The molecule has 1 heterocycles. The zero-order valence-corrected chi connectivity index (χ0v) is 9.83. The van der Waals surface area contributed by atoms with Gasteiger partial charge in [-0.25, -0.2) is 17.4 Å². The molecule has 0 radical (unpaired) electrons. The number of hydrogen-bond donors (Lipinski definition) is 0. The van der Waals surface area contributed by atoms with E-state index in [0.717, 1.165) is 12.8 Å². The van der Waals surface area contributed by atoms with Gasteiger partial charge in [-0.1, -0.05) is 0 Å². The predicted molar refractivity (Wildman–Crippen MR) is 57.3 cm³/mol. The highest BCUT2D eigenvalue weighted by atomic mass is 32.2. The Morgan fingerprint density at radius 3 is 2.80 bits per heavy atom. The van der Waals surface area contributed by atoms with Gasteiger partial charge in [0.2, 0.25) is 10.0 Å². The van der Waals surface area contributed by atoms with Crippen LogP contribution in [0.1, 0.15) is 18.7 Å². The smallest absolute Gasteiger partial charge is 0.237 e. The van der Waals surface area contributed by atoms with E-state index in [-0.39, 0.29) is 0 Å². The summed E-state index contributed by atoms with van der Waals surface area (Å²) in [6, 6.07) is 0. The van der Waals surface area contributed by atoms with Gasteiger partial charge < -0.3 is 4.74 Å². The zero-order valence-electron chi connectivity index (χ0n) is 9.01. The van der Waals surface area contributed by atoms with Crippen molar-refractivity contribution in [1.82, 2.24) is 8.96 Å². The fraction of sp³-hybridized carbons (Fsp3) is 0.667. The molecule has 6 heteroatoms.